The van der Waals surface area contributed by atoms with E-state index in [0.29, 0.717) is 5.71 Å². The molecular formula is C66H48N4O. The summed E-state index contributed by atoms with van der Waals surface area (Å²) >= 11 is 0. The number of fused-ring (bicyclic) bond motifs is 3. The van der Waals surface area contributed by atoms with Gasteiger partial charge in [-0.1, -0.05) is 176 Å². The summed E-state index contributed by atoms with van der Waals surface area (Å²) in [5, 5.41) is 2.04. The molecular weight excluding hydrogens is 865 g/mol. The molecule has 0 aliphatic heterocycles. The summed E-state index contributed by atoms with van der Waals surface area (Å²) in [5.41, 5.74) is 21.6. The Labute approximate surface area is 413 Å². The summed E-state index contributed by atoms with van der Waals surface area (Å²) in [7, 11) is 0. The number of aromatic nitrogens is 4. The van der Waals surface area contributed by atoms with Crippen molar-refractivity contribution in [3.8, 4) is 78.3 Å². The molecule has 0 radical (unpaired) electrons. The molecule has 0 spiro atoms. The molecule has 5 heteroatoms. The van der Waals surface area contributed by atoms with Crippen LogP contribution in [0.25, 0.3) is 100 Å². The van der Waals surface area contributed by atoms with Crippen LogP contribution in [0, 0.1) is 0 Å². The Kier molecular flexibility index (Phi) is 11.9. The maximum Gasteiger partial charge on any atom is 0.227 e. The third-order valence-corrected chi connectivity index (χ3v) is 13.5. The lowest BCUT2D eigenvalue weighted by Crippen LogP contribution is -1.99. The largest absolute Gasteiger partial charge is 0.438 e. The van der Waals surface area contributed by atoms with Gasteiger partial charge in [-0.15, -0.1) is 0 Å². The Hall–Kier alpha value is -9.06. The lowest BCUT2D eigenvalue weighted by atomic mass is 9.87. The zero-order valence-electron chi connectivity index (χ0n) is 39.1. The minimum absolute atomic E-state index is 0.634. The second kappa shape index (κ2) is 19.5. The van der Waals surface area contributed by atoms with Gasteiger partial charge >= 0.3 is 0 Å². The van der Waals surface area contributed by atoms with Crippen LogP contribution < -0.4 is 0 Å². The van der Waals surface area contributed by atoms with Gasteiger partial charge in [0.1, 0.15) is 5.58 Å². The summed E-state index contributed by atoms with van der Waals surface area (Å²) in [5.74, 6) is 0. The van der Waals surface area contributed by atoms with E-state index in [-0.39, 0.29) is 0 Å². The molecule has 0 aliphatic rings. The van der Waals surface area contributed by atoms with Crippen LogP contribution in [0.3, 0.4) is 0 Å². The molecule has 12 rings (SSSR count). The number of nitrogens with zero attached hydrogens (tertiary/aromatic N) is 4. The lowest BCUT2D eigenvalue weighted by molar-refractivity contribution is 0.654. The van der Waals surface area contributed by atoms with Crippen molar-refractivity contribution in [2.24, 2.45) is 0 Å². The first-order chi connectivity index (χ1) is 35.1. The van der Waals surface area contributed by atoms with E-state index >= 15 is 0 Å². The van der Waals surface area contributed by atoms with E-state index in [9.17, 15) is 0 Å². The van der Waals surface area contributed by atoms with Crippen molar-refractivity contribution < 1.29 is 4.42 Å². The topological polar surface area (TPSA) is 64.7 Å². The molecule has 0 saturated carbocycles. The highest BCUT2D eigenvalue weighted by molar-refractivity contribution is 6.04. The zero-order chi connectivity index (χ0) is 47.3. The quantitative estimate of drug-likeness (QED) is 0.115. The maximum absolute atomic E-state index is 6.24. The van der Waals surface area contributed by atoms with E-state index in [1.807, 2.05) is 30.6 Å². The fourth-order valence-electron chi connectivity index (χ4n) is 9.77. The molecule has 0 bridgehead atoms. The van der Waals surface area contributed by atoms with Crippen molar-refractivity contribution in [2.45, 2.75) is 25.7 Å². The summed E-state index contributed by atoms with van der Waals surface area (Å²) in [6.07, 6.45) is 11.4. The van der Waals surface area contributed by atoms with Crippen molar-refractivity contribution in [2.75, 3.05) is 0 Å². The van der Waals surface area contributed by atoms with Crippen LogP contribution >= 0.6 is 0 Å². The van der Waals surface area contributed by atoms with Gasteiger partial charge in [-0.05, 0) is 129 Å². The molecule has 0 unspecified atom stereocenters. The van der Waals surface area contributed by atoms with Crippen molar-refractivity contribution in [1.82, 2.24) is 19.9 Å². The number of benzene rings is 7. The molecule has 0 atom stereocenters. The normalized spacial score (nSPS) is 11.3. The molecule has 5 nitrogen and oxygen atoms in total. The predicted molar refractivity (Wildman–Crippen MR) is 291 cm³/mol. The molecule has 12 aromatic rings. The third-order valence-electron chi connectivity index (χ3n) is 13.5. The van der Waals surface area contributed by atoms with E-state index in [0.717, 1.165) is 104 Å². The van der Waals surface area contributed by atoms with Crippen LogP contribution in [-0.2, 0) is 25.7 Å². The molecule has 71 heavy (non-hydrogen) atoms. The SMILES string of the molecule is c1ccc(-c2ccc(-c3cc(-c4ccc5c(c4)oc4ncccc45)ncc3-c3ccccc3-c3cc(CCc4ccc(-c5ccccc5)nc4)cc(CCc4ccc(-c5ccccc5)nc4)c3)cc2)cc1. The number of hydrogen-bond acceptors (Lipinski definition) is 5. The van der Waals surface area contributed by atoms with Crippen LogP contribution in [0.15, 0.2) is 248 Å². The van der Waals surface area contributed by atoms with Crippen LogP contribution in [-0.4, -0.2) is 19.9 Å². The van der Waals surface area contributed by atoms with Gasteiger partial charge in [-0.2, -0.15) is 0 Å². The van der Waals surface area contributed by atoms with Gasteiger partial charge in [0.15, 0.2) is 0 Å². The molecule has 338 valence electrons. The highest BCUT2D eigenvalue weighted by Gasteiger charge is 2.18. The molecule has 0 amide bonds. The van der Waals surface area contributed by atoms with Gasteiger partial charge in [-0.25, -0.2) is 4.98 Å². The zero-order valence-corrected chi connectivity index (χ0v) is 39.1. The molecule has 0 fully saturated rings. The number of furan rings is 1. The Morgan fingerprint density at radius 1 is 0.282 bits per heavy atom. The maximum atomic E-state index is 6.24. The summed E-state index contributed by atoms with van der Waals surface area (Å²) in [4.78, 5) is 19.4. The van der Waals surface area contributed by atoms with Gasteiger partial charge in [0, 0.05) is 57.8 Å². The first-order valence-corrected chi connectivity index (χ1v) is 24.3. The number of hydrogen-bond donors (Lipinski definition) is 0. The highest BCUT2D eigenvalue weighted by atomic mass is 16.3. The number of rotatable bonds is 13. The molecule has 0 N–H and O–H groups in total. The lowest BCUT2D eigenvalue weighted by Gasteiger charge is -2.18. The first kappa shape index (κ1) is 43.2. The van der Waals surface area contributed by atoms with Crippen LogP contribution in [0.5, 0.6) is 0 Å². The number of pyridine rings is 4. The van der Waals surface area contributed by atoms with Crippen LogP contribution in [0.4, 0.5) is 0 Å². The molecule has 5 heterocycles. The summed E-state index contributed by atoms with van der Waals surface area (Å²) in [6.45, 7) is 0. The Morgan fingerprint density at radius 3 is 1.44 bits per heavy atom. The Morgan fingerprint density at radius 2 is 0.817 bits per heavy atom. The van der Waals surface area contributed by atoms with Crippen molar-refractivity contribution in [3.63, 3.8) is 0 Å². The second-order valence-corrected chi connectivity index (χ2v) is 18.1. The van der Waals surface area contributed by atoms with Gasteiger partial charge in [0.2, 0.25) is 5.71 Å². The predicted octanol–water partition coefficient (Wildman–Crippen LogP) is 16.4. The fourth-order valence-corrected chi connectivity index (χ4v) is 9.77. The highest BCUT2D eigenvalue weighted by Crippen LogP contribution is 2.41. The first-order valence-electron chi connectivity index (χ1n) is 24.3. The van der Waals surface area contributed by atoms with Gasteiger partial charge < -0.3 is 4.42 Å². The van der Waals surface area contributed by atoms with E-state index in [1.54, 1.807) is 6.20 Å². The molecule has 5 aromatic heterocycles. The van der Waals surface area contributed by atoms with Crippen molar-refractivity contribution in [3.05, 3.63) is 265 Å². The van der Waals surface area contributed by atoms with Gasteiger partial charge in [-0.3, -0.25) is 15.0 Å². The Bertz CT molecular complexity index is 3670. The fraction of sp³-hybridized carbons (Fsp3) is 0.0606. The monoisotopic (exact) mass is 912 g/mol. The minimum atomic E-state index is 0.634. The summed E-state index contributed by atoms with van der Waals surface area (Å²) in [6, 6.07) is 77.5. The van der Waals surface area contributed by atoms with Crippen molar-refractivity contribution in [1.29, 1.82) is 0 Å². The Balaban J connectivity index is 0.924. The molecule has 7 aromatic carbocycles. The van der Waals surface area contributed by atoms with E-state index in [2.05, 4.69) is 211 Å². The van der Waals surface area contributed by atoms with Crippen LogP contribution in [0.1, 0.15) is 22.3 Å². The second-order valence-electron chi connectivity index (χ2n) is 18.1. The van der Waals surface area contributed by atoms with Crippen LogP contribution in [0.2, 0.25) is 0 Å². The molecule has 0 aliphatic carbocycles. The average Bonchev–Trinajstić information content (AvgIpc) is 3.83. The standard InChI is InChI=1S/C66H48N4O/c1-4-13-49(14-5-1)50-28-30-51(31-29-50)60-41-64(54-32-33-58-59-21-12-36-67-66(59)71-65(58)40-54)70-44-61(60)57-20-11-10-19-56(57)55-38-47(24-22-45-26-34-62(68-42-45)52-15-6-2-7-16-52)37-48(39-55)25-23-46-27-35-63(69-43-46)53-17-8-3-9-18-53/h1-21,26-44H,22-25H2. The van der Waals surface area contributed by atoms with Gasteiger partial charge in [0.05, 0.1) is 17.1 Å². The van der Waals surface area contributed by atoms with E-state index < -0.39 is 0 Å². The van der Waals surface area contributed by atoms with Gasteiger partial charge in [0.25, 0.3) is 0 Å². The smallest absolute Gasteiger partial charge is 0.227 e. The third kappa shape index (κ3) is 9.29. The average molecular weight is 913 g/mol. The van der Waals surface area contributed by atoms with E-state index in [4.69, 9.17) is 19.4 Å². The summed E-state index contributed by atoms with van der Waals surface area (Å²) < 4.78 is 6.24. The number of aryl methyl sites for hydroxylation is 4. The minimum Gasteiger partial charge on any atom is -0.438 e. The molecule has 0 saturated heterocycles. The van der Waals surface area contributed by atoms with Crippen molar-refractivity contribution >= 4 is 22.1 Å². The van der Waals surface area contributed by atoms with E-state index in [1.165, 1.54) is 38.9 Å².